The summed E-state index contributed by atoms with van der Waals surface area (Å²) in [6.07, 6.45) is 1.60. The molecule has 0 bridgehead atoms. The lowest BCUT2D eigenvalue weighted by Crippen LogP contribution is -2.34. The molecule has 2 atom stereocenters. The number of β-amino-alcohol motifs (C(OH)–C–C–N with tert-alkyl or cyclic N) is 1. The third kappa shape index (κ3) is 6.09. The lowest BCUT2D eigenvalue weighted by Gasteiger charge is -2.21. The van der Waals surface area contributed by atoms with Gasteiger partial charge in [-0.1, -0.05) is 23.7 Å². The summed E-state index contributed by atoms with van der Waals surface area (Å²) < 4.78 is 30.0. The first-order valence-corrected chi connectivity index (χ1v) is 11.8. The standard InChI is InChI=1S/C21H27ClN2O4S/c1-23(29(2,26)27)19-6-8-21(9-7-19)28-15-20(25)14-24-11-10-17(13-24)16-4-3-5-18(22)12-16/h3-9,12,17,20,25H,10-11,13-15H2,1-2H3/t17-,20-/m1/s1. The summed E-state index contributed by atoms with van der Waals surface area (Å²) in [7, 11) is -1.79. The monoisotopic (exact) mass is 438 g/mol. The van der Waals surface area contributed by atoms with E-state index in [1.54, 1.807) is 24.3 Å². The van der Waals surface area contributed by atoms with Crippen LogP contribution in [0.2, 0.25) is 5.02 Å². The maximum absolute atomic E-state index is 11.6. The third-order valence-corrected chi connectivity index (χ3v) is 6.64. The summed E-state index contributed by atoms with van der Waals surface area (Å²) in [5, 5.41) is 11.1. The lowest BCUT2D eigenvalue weighted by atomic mass is 9.99. The maximum atomic E-state index is 11.6. The van der Waals surface area contributed by atoms with Crippen molar-refractivity contribution in [2.75, 3.05) is 43.8 Å². The molecule has 0 saturated carbocycles. The van der Waals surface area contributed by atoms with Gasteiger partial charge in [-0.2, -0.15) is 0 Å². The molecule has 1 aliphatic heterocycles. The van der Waals surface area contributed by atoms with Gasteiger partial charge in [0, 0.05) is 25.2 Å². The van der Waals surface area contributed by atoms with Crippen LogP contribution in [0.5, 0.6) is 5.75 Å². The van der Waals surface area contributed by atoms with Crippen molar-refractivity contribution in [1.82, 2.24) is 4.90 Å². The van der Waals surface area contributed by atoms with Crippen molar-refractivity contribution in [1.29, 1.82) is 0 Å². The molecule has 0 radical (unpaired) electrons. The summed E-state index contributed by atoms with van der Waals surface area (Å²) in [4.78, 5) is 2.24. The van der Waals surface area contributed by atoms with Crippen molar-refractivity contribution in [2.45, 2.75) is 18.4 Å². The van der Waals surface area contributed by atoms with Gasteiger partial charge >= 0.3 is 0 Å². The predicted molar refractivity (Wildman–Crippen MR) is 116 cm³/mol. The van der Waals surface area contributed by atoms with Gasteiger partial charge in [0.25, 0.3) is 0 Å². The SMILES string of the molecule is CN(c1ccc(OC[C@H](O)CN2CC[C@@H](c3cccc(Cl)c3)C2)cc1)S(C)(=O)=O. The van der Waals surface area contributed by atoms with E-state index in [9.17, 15) is 13.5 Å². The number of aliphatic hydroxyl groups excluding tert-OH is 1. The molecule has 0 spiro atoms. The predicted octanol–water partition coefficient (Wildman–Crippen LogP) is 2.97. The smallest absolute Gasteiger partial charge is 0.231 e. The average Bonchev–Trinajstić information content (AvgIpc) is 3.14. The summed E-state index contributed by atoms with van der Waals surface area (Å²) in [6.45, 7) is 2.55. The Bertz CT molecular complexity index is 921. The van der Waals surface area contributed by atoms with E-state index in [2.05, 4.69) is 11.0 Å². The van der Waals surface area contributed by atoms with Crippen LogP contribution in [0.3, 0.4) is 0 Å². The molecular weight excluding hydrogens is 412 g/mol. The van der Waals surface area contributed by atoms with Gasteiger partial charge in [0.1, 0.15) is 18.5 Å². The highest BCUT2D eigenvalue weighted by Gasteiger charge is 2.25. The molecule has 2 aromatic rings. The van der Waals surface area contributed by atoms with Gasteiger partial charge < -0.3 is 14.7 Å². The van der Waals surface area contributed by atoms with Gasteiger partial charge in [-0.05, 0) is 60.8 Å². The fourth-order valence-corrected chi connectivity index (χ4v) is 4.22. The maximum Gasteiger partial charge on any atom is 0.231 e. The van der Waals surface area contributed by atoms with Crippen molar-refractivity contribution in [3.05, 3.63) is 59.1 Å². The zero-order valence-electron chi connectivity index (χ0n) is 16.7. The Morgan fingerprint density at radius 1 is 1.28 bits per heavy atom. The first-order chi connectivity index (χ1) is 13.7. The molecule has 8 heteroatoms. The van der Waals surface area contributed by atoms with Crippen molar-refractivity contribution in [2.24, 2.45) is 0 Å². The first kappa shape index (κ1) is 21.9. The number of hydrogen-bond donors (Lipinski definition) is 1. The van der Waals surface area contributed by atoms with E-state index in [-0.39, 0.29) is 6.61 Å². The topological polar surface area (TPSA) is 70.1 Å². The Balaban J connectivity index is 1.46. The molecule has 1 heterocycles. The van der Waals surface area contributed by atoms with Crippen molar-refractivity contribution in [3.63, 3.8) is 0 Å². The second-order valence-corrected chi connectivity index (χ2v) is 9.94. The molecule has 0 aromatic heterocycles. The van der Waals surface area contributed by atoms with Crippen LogP contribution in [0.1, 0.15) is 17.9 Å². The normalized spacial score (nSPS) is 18.6. The van der Waals surface area contributed by atoms with Crippen molar-refractivity contribution < 1.29 is 18.3 Å². The number of benzene rings is 2. The van der Waals surface area contributed by atoms with Crippen LogP contribution in [-0.2, 0) is 10.0 Å². The van der Waals surface area contributed by atoms with Crippen LogP contribution in [0.15, 0.2) is 48.5 Å². The number of sulfonamides is 1. The van der Waals surface area contributed by atoms with Crippen molar-refractivity contribution >= 4 is 27.3 Å². The third-order valence-electron chi connectivity index (χ3n) is 5.20. The summed E-state index contributed by atoms with van der Waals surface area (Å²) >= 11 is 6.09. The fraction of sp³-hybridized carbons (Fsp3) is 0.429. The minimum Gasteiger partial charge on any atom is -0.491 e. The number of hydrogen-bond acceptors (Lipinski definition) is 5. The quantitative estimate of drug-likeness (QED) is 0.686. The number of aliphatic hydroxyl groups is 1. The van der Waals surface area contributed by atoms with Crippen LogP contribution < -0.4 is 9.04 Å². The summed E-state index contributed by atoms with van der Waals surface area (Å²) in [5.41, 5.74) is 1.80. The van der Waals surface area contributed by atoms with E-state index in [4.69, 9.17) is 16.3 Å². The van der Waals surface area contributed by atoms with E-state index < -0.39 is 16.1 Å². The van der Waals surface area contributed by atoms with Crippen LogP contribution in [0.25, 0.3) is 0 Å². The highest BCUT2D eigenvalue weighted by atomic mass is 35.5. The number of likely N-dealkylation sites (tertiary alicyclic amines) is 1. The molecule has 2 aromatic carbocycles. The summed E-state index contributed by atoms with van der Waals surface area (Å²) in [6, 6.07) is 14.7. The minimum absolute atomic E-state index is 0.180. The van der Waals surface area contributed by atoms with Gasteiger partial charge in [0.2, 0.25) is 10.0 Å². The molecule has 1 saturated heterocycles. The zero-order chi connectivity index (χ0) is 21.0. The van der Waals surface area contributed by atoms with E-state index in [1.807, 2.05) is 18.2 Å². The van der Waals surface area contributed by atoms with E-state index >= 15 is 0 Å². The van der Waals surface area contributed by atoms with Crippen molar-refractivity contribution in [3.8, 4) is 5.75 Å². The number of halogens is 1. The molecule has 0 aliphatic carbocycles. The second kappa shape index (κ2) is 9.34. The molecule has 3 rings (SSSR count). The Labute approximate surface area is 177 Å². The lowest BCUT2D eigenvalue weighted by molar-refractivity contribution is 0.0754. The Morgan fingerprint density at radius 2 is 2.00 bits per heavy atom. The van der Waals surface area contributed by atoms with Crippen LogP contribution in [0.4, 0.5) is 5.69 Å². The molecular formula is C21H27ClN2O4S. The van der Waals surface area contributed by atoms with Gasteiger partial charge in [-0.3, -0.25) is 4.31 Å². The summed E-state index contributed by atoms with van der Waals surface area (Å²) in [5.74, 6) is 1.02. The van der Waals surface area contributed by atoms with Gasteiger partial charge in [0.15, 0.2) is 0 Å². The van der Waals surface area contributed by atoms with Crippen LogP contribution in [0, 0.1) is 0 Å². The Morgan fingerprint density at radius 3 is 2.66 bits per heavy atom. The molecule has 6 nitrogen and oxygen atoms in total. The Hall–Kier alpha value is -1.80. The number of nitrogens with zero attached hydrogens (tertiary/aromatic N) is 2. The largest absolute Gasteiger partial charge is 0.491 e. The molecule has 1 N–H and O–H groups in total. The first-order valence-electron chi connectivity index (χ1n) is 9.55. The van der Waals surface area contributed by atoms with E-state index in [0.717, 1.165) is 30.8 Å². The van der Waals surface area contributed by atoms with Gasteiger partial charge in [0.05, 0.1) is 11.9 Å². The molecule has 1 aliphatic rings. The van der Waals surface area contributed by atoms with E-state index in [0.29, 0.717) is 23.9 Å². The van der Waals surface area contributed by atoms with Crippen LogP contribution >= 0.6 is 11.6 Å². The van der Waals surface area contributed by atoms with Crippen LogP contribution in [-0.4, -0.2) is 64.1 Å². The second-order valence-electron chi connectivity index (χ2n) is 7.49. The number of rotatable bonds is 8. The molecule has 0 amide bonds. The fourth-order valence-electron chi connectivity index (χ4n) is 3.52. The molecule has 29 heavy (non-hydrogen) atoms. The number of ether oxygens (including phenoxy) is 1. The van der Waals surface area contributed by atoms with E-state index in [1.165, 1.54) is 16.9 Å². The average molecular weight is 439 g/mol. The molecule has 0 unspecified atom stereocenters. The molecule has 158 valence electrons. The highest BCUT2D eigenvalue weighted by molar-refractivity contribution is 7.92. The molecule has 1 fully saturated rings. The van der Waals surface area contributed by atoms with Gasteiger partial charge in [-0.15, -0.1) is 0 Å². The van der Waals surface area contributed by atoms with Gasteiger partial charge in [-0.25, -0.2) is 8.42 Å². The number of anilines is 1. The minimum atomic E-state index is -3.30. The Kier molecular flexibility index (Phi) is 7.05. The highest BCUT2D eigenvalue weighted by Crippen LogP contribution is 2.28. The zero-order valence-corrected chi connectivity index (χ0v) is 18.2.